The summed E-state index contributed by atoms with van der Waals surface area (Å²) in [4.78, 5) is 22.0. The molecule has 2 aromatic heterocycles. The molecule has 0 saturated carbocycles. The number of hydrogen-bond donors (Lipinski definition) is 1. The Balaban J connectivity index is 1.44. The standard InChI is InChI=1S/C25H26N4O3S/c1-17-8-10-19(11-9-17)32-15-23-27-18(16-33-23)14-22(30)28-24(25-26-12-13-29(25)2)20-6-4-5-7-21(20)31-3/h4-13,16,24H,14-15H2,1-3H3,(H,28,30). The first kappa shape index (κ1) is 22.5. The van der Waals surface area contributed by atoms with E-state index in [1.165, 1.54) is 16.9 Å². The van der Waals surface area contributed by atoms with E-state index >= 15 is 0 Å². The number of carbonyl (C=O) groups excluding carboxylic acids is 1. The number of nitrogens with zero attached hydrogens (tertiary/aromatic N) is 3. The van der Waals surface area contributed by atoms with Crippen LogP contribution in [0.2, 0.25) is 0 Å². The molecule has 2 aromatic carbocycles. The Morgan fingerprint density at radius 3 is 2.70 bits per heavy atom. The second-order valence-corrected chi connectivity index (χ2v) is 8.59. The number of aryl methyl sites for hydroxylation is 2. The third-order valence-corrected chi connectivity index (χ3v) is 6.07. The lowest BCUT2D eigenvalue weighted by Gasteiger charge is -2.21. The molecule has 0 fully saturated rings. The van der Waals surface area contributed by atoms with Gasteiger partial charge in [0.1, 0.15) is 35.0 Å². The van der Waals surface area contributed by atoms with E-state index in [4.69, 9.17) is 9.47 Å². The summed E-state index contributed by atoms with van der Waals surface area (Å²) in [6.45, 7) is 2.40. The molecule has 0 aliphatic carbocycles. The number of methoxy groups -OCH3 is 1. The van der Waals surface area contributed by atoms with E-state index in [9.17, 15) is 4.79 Å². The summed E-state index contributed by atoms with van der Waals surface area (Å²) in [5.74, 6) is 2.06. The van der Waals surface area contributed by atoms with Crippen molar-refractivity contribution in [1.29, 1.82) is 0 Å². The van der Waals surface area contributed by atoms with Crippen LogP contribution < -0.4 is 14.8 Å². The van der Waals surface area contributed by atoms with Crippen LogP contribution in [0.4, 0.5) is 0 Å². The van der Waals surface area contributed by atoms with Gasteiger partial charge in [0.05, 0.1) is 19.2 Å². The number of carbonyl (C=O) groups is 1. The average molecular weight is 463 g/mol. The monoisotopic (exact) mass is 462 g/mol. The minimum absolute atomic E-state index is 0.148. The highest BCUT2D eigenvalue weighted by molar-refractivity contribution is 7.09. The molecule has 4 aromatic rings. The Kier molecular flexibility index (Phi) is 7.04. The zero-order chi connectivity index (χ0) is 23.2. The van der Waals surface area contributed by atoms with Crippen LogP contribution >= 0.6 is 11.3 Å². The predicted molar refractivity (Wildman–Crippen MR) is 128 cm³/mol. The summed E-state index contributed by atoms with van der Waals surface area (Å²) in [7, 11) is 3.52. The molecule has 4 rings (SSSR count). The van der Waals surface area contributed by atoms with Crippen LogP contribution in [-0.2, 0) is 24.9 Å². The first-order valence-electron chi connectivity index (χ1n) is 10.6. The van der Waals surface area contributed by atoms with Crippen molar-refractivity contribution in [3.63, 3.8) is 0 Å². The van der Waals surface area contributed by atoms with Gasteiger partial charge >= 0.3 is 0 Å². The molecule has 0 bridgehead atoms. The lowest BCUT2D eigenvalue weighted by Crippen LogP contribution is -2.32. The molecule has 8 heteroatoms. The predicted octanol–water partition coefficient (Wildman–Crippen LogP) is 4.22. The Labute approximate surface area is 197 Å². The molecule has 0 radical (unpaired) electrons. The van der Waals surface area contributed by atoms with Crippen LogP contribution in [0.1, 0.15) is 33.7 Å². The molecule has 0 saturated heterocycles. The van der Waals surface area contributed by atoms with E-state index < -0.39 is 6.04 Å². The van der Waals surface area contributed by atoms with Crippen molar-refractivity contribution in [2.45, 2.75) is 26.0 Å². The number of hydrogen-bond acceptors (Lipinski definition) is 6. The molecule has 0 aliphatic heterocycles. The summed E-state index contributed by atoms with van der Waals surface area (Å²) in [6.07, 6.45) is 3.73. The largest absolute Gasteiger partial charge is 0.496 e. The van der Waals surface area contributed by atoms with Gasteiger partial charge in [-0.1, -0.05) is 35.9 Å². The molecule has 1 atom stereocenters. The molecular formula is C25H26N4O3S. The Morgan fingerprint density at radius 2 is 1.97 bits per heavy atom. The number of para-hydroxylation sites is 1. The van der Waals surface area contributed by atoms with Gasteiger partial charge in [0, 0.05) is 30.4 Å². The van der Waals surface area contributed by atoms with Crippen molar-refractivity contribution in [2.24, 2.45) is 7.05 Å². The van der Waals surface area contributed by atoms with Gasteiger partial charge in [0.25, 0.3) is 0 Å². The van der Waals surface area contributed by atoms with Crippen molar-refractivity contribution in [3.05, 3.63) is 94.0 Å². The maximum Gasteiger partial charge on any atom is 0.226 e. The number of imidazole rings is 1. The molecule has 1 unspecified atom stereocenters. The molecule has 0 spiro atoms. The molecular weight excluding hydrogens is 436 g/mol. The van der Waals surface area contributed by atoms with Crippen LogP contribution in [0.25, 0.3) is 0 Å². The lowest BCUT2D eigenvalue weighted by molar-refractivity contribution is -0.121. The van der Waals surface area contributed by atoms with Crippen LogP contribution in [0.15, 0.2) is 66.3 Å². The van der Waals surface area contributed by atoms with Crippen LogP contribution in [-0.4, -0.2) is 27.6 Å². The summed E-state index contributed by atoms with van der Waals surface area (Å²) >= 11 is 1.48. The highest BCUT2D eigenvalue weighted by Crippen LogP contribution is 2.29. The van der Waals surface area contributed by atoms with Gasteiger partial charge in [-0.05, 0) is 25.1 Å². The highest BCUT2D eigenvalue weighted by atomic mass is 32.1. The number of ether oxygens (including phenoxy) is 2. The van der Waals surface area contributed by atoms with E-state index in [0.29, 0.717) is 18.1 Å². The fraction of sp³-hybridized carbons (Fsp3) is 0.240. The number of aromatic nitrogens is 3. The first-order chi connectivity index (χ1) is 16.0. The molecule has 33 heavy (non-hydrogen) atoms. The number of amides is 1. The molecule has 0 aliphatic rings. The zero-order valence-electron chi connectivity index (χ0n) is 18.8. The van der Waals surface area contributed by atoms with E-state index in [2.05, 4.69) is 15.3 Å². The Bertz CT molecular complexity index is 1220. The summed E-state index contributed by atoms with van der Waals surface area (Å²) in [5, 5.41) is 5.82. The van der Waals surface area contributed by atoms with Gasteiger partial charge in [-0.2, -0.15) is 0 Å². The van der Waals surface area contributed by atoms with E-state index in [1.807, 2.05) is 78.6 Å². The second-order valence-electron chi connectivity index (χ2n) is 7.65. The summed E-state index contributed by atoms with van der Waals surface area (Å²) in [5.41, 5.74) is 2.73. The summed E-state index contributed by atoms with van der Waals surface area (Å²) < 4.78 is 13.2. The van der Waals surface area contributed by atoms with Crippen molar-refractivity contribution in [1.82, 2.24) is 19.9 Å². The second kappa shape index (κ2) is 10.3. The fourth-order valence-electron chi connectivity index (χ4n) is 3.49. The van der Waals surface area contributed by atoms with E-state index in [1.54, 1.807) is 13.3 Å². The number of nitrogens with one attached hydrogen (secondary N) is 1. The minimum atomic E-state index is -0.448. The number of rotatable bonds is 9. The van der Waals surface area contributed by atoms with E-state index in [-0.39, 0.29) is 12.3 Å². The quantitative estimate of drug-likeness (QED) is 0.403. The smallest absolute Gasteiger partial charge is 0.226 e. The maximum absolute atomic E-state index is 13.0. The van der Waals surface area contributed by atoms with Crippen LogP contribution in [0.5, 0.6) is 11.5 Å². The van der Waals surface area contributed by atoms with Gasteiger partial charge in [-0.3, -0.25) is 4.79 Å². The van der Waals surface area contributed by atoms with E-state index in [0.717, 1.165) is 22.1 Å². The molecule has 170 valence electrons. The van der Waals surface area contributed by atoms with Crippen molar-refractivity contribution >= 4 is 17.2 Å². The Morgan fingerprint density at radius 1 is 1.18 bits per heavy atom. The number of benzene rings is 2. The van der Waals surface area contributed by atoms with Crippen LogP contribution in [0.3, 0.4) is 0 Å². The molecule has 1 amide bonds. The zero-order valence-corrected chi connectivity index (χ0v) is 19.6. The van der Waals surface area contributed by atoms with Gasteiger partial charge < -0.3 is 19.4 Å². The third-order valence-electron chi connectivity index (χ3n) is 5.20. The van der Waals surface area contributed by atoms with Crippen molar-refractivity contribution in [3.8, 4) is 11.5 Å². The molecule has 7 nitrogen and oxygen atoms in total. The average Bonchev–Trinajstić information content (AvgIpc) is 3.45. The third kappa shape index (κ3) is 5.59. The maximum atomic E-state index is 13.0. The van der Waals surface area contributed by atoms with Gasteiger partial charge in [-0.15, -0.1) is 11.3 Å². The van der Waals surface area contributed by atoms with Gasteiger partial charge in [-0.25, -0.2) is 9.97 Å². The Hall–Kier alpha value is -3.65. The number of thiazole rings is 1. The topological polar surface area (TPSA) is 78.3 Å². The first-order valence-corrected chi connectivity index (χ1v) is 11.4. The molecule has 1 N–H and O–H groups in total. The normalized spacial score (nSPS) is 11.7. The minimum Gasteiger partial charge on any atom is -0.496 e. The SMILES string of the molecule is COc1ccccc1C(NC(=O)Cc1csc(COc2ccc(C)cc2)n1)c1nccn1C. The highest BCUT2D eigenvalue weighted by Gasteiger charge is 2.24. The van der Waals surface area contributed by atoms with Crippen LogP contribution in [0, 0.1) is 6.92 Å². The molecule has 2 heterocycles. The summed E-state index contributed by atoms with van der Waals surface area (Å²) in [6, 6.07) is 15.1. The van der Waals surface area contributed by atoms with Gasteiger partial charge in [0.2, 0.25) is 5.91 Å². The van der Waals surface area contributed by atoms with Crippen molar-refractivity contribution in [2.75, 3.05) is 7.11 Å². The lowest BCUT2D eigenvalue weighted by atomic mass is 10.0. The van der Waals surface area contributed by atoms with Crippen molar-refractivity contribution < 1.29 is 14.3 Å². The van der Waals surface area contributed by atoms with Gasteiger partial charge in [0.15, 0.2) is 0 Å². The fourth-order valence-corrected chi connectivity index (χ4v) is 4.20.